The summed E-state index contributed by atoms with van der Waals surface area (Å²) in [4.78, 5) is 22.7. The fourth-order valence-electron chi connectivity index (χ4n) is 1.64. The summed E-state index contributed by atoms with van der Waals surface area (Å²) in [5, 5.41) is 11.5. The van der Waals surface area contributed by atoms with Gasteiger partial charge in [-0.25, -0.2) is 4.79 Å². The van der Waals surface area contributed by atoms with E-state index in [9.17, 15) is 9.59 Å². The third kappa shape index (κ3) is 2.77. The van der Waals surface area contributed by atoms with Crippen molar-refractivity contribution in [1.82, 2.24) is 0 Å². The molecule has 2 N–H and O–H groups in total. The van der Waals surface area contributed by atoms with Gasteiger partial charge in [0.2, 0.25) is 5.22 Å². The Hall–Kier alpha value is -2.27. The van der Waals surface area contributed by atoms with Crippen molar-refractivity contribution in [3.05, 3.63) is 52.4 Å². The molecule has 0 aliphatic rings. The van der Waals surface area contributed by atoms with Gasteiger partial charge in [0.05, 0.1) is 17.4 Å². The van der Waals surface area contributed by atoms with Crippen molar-refractivity contribution in [1.29, 1.82) is 0 Å². The van der Waals surface area contributed by atoms with Crippen LogP contribution in [0, 0.1) is 6.92 Å². The summed E-state index contributed by atoms with van der Waals surface area (Å²) < 4.78 is 4.82. The van der Waals surface area contributed by atoms with Gasteiger partial charge in [0.1, 0.15) is 0 Å². The Morgan fingerprint density at radius 1 is 1.26 bits per heavy atom. The highest BCUT2D eigenvalue weighted by molar-refractivity contribution is 6.32. The van der Waals surface area contributed by atoms with Crippen LogP contribution >= 0.6 is 11.6 Å². The van der Waals surface area contributed by atoms with E-state index in [1.165, 1.54) is 24.5 Å². The zero-order valence-corrected chi connectivity index (χ0v) is 10.7. The first-order chi connectivity index (χ1) is 8.99. The first kappa shape index (κ1) is 13.2. The molecule has 0 aliphatic carbocycles. The molecule has 0 atom stereocenters. The molecule has 0 saturated heterocycles. The second kappa shape index (κ2) is 5.16. The zero-order valence-electron chi connectivity index (χ0n) is 9.94. The van der Waals surface area contributed by atoms with E-state index in [2.05, 4.69) is 5.32 Å². The third-order valence-electron chi connectivity index (χ3n) is 2.58. The van der Waals surface area contributed by atoms with E-state index in [4.69, 9.17) is 21.1 Å². The van der Waals surface area contributed by atoms with Crippen molar-refractivity contribution in [2.75, 3.05) is 5.32 Å². The number of nitrogens with one attached hydrogen (secondary N) is 1. The Balaban J connectivity index is 2.21. The van der Waals surface area contributed by atoms with Gasteiger partial charge < -0.3 is 14.8 Å². The molecule has 0 radical (unpaired) electrons. The van der Waals surface area contributed by atoms with Crippen molar-refractivity contribution >= 4 is 29.2 Å². The van der Waals surface area contributed by atoms with Gasteiger partial charge in [-0.2, -0.15) is 0 Å². The van der Waals surface area contributed by atoms with Gasteiger partial charge >= 0.3 is 5.97 Å². The van der Waals surface area contributed by atoms with Gasteiger partial charge in [-0.3, -0.25) is 4.79 Å². The normalized spacial score (nSPS) is 10.2. The smallest absolute Gasteiger partial charge is 0.335 e. The van der Waals surface area contributed by atoms with Crippen molar-refractivity contribution in [3.63, 3.8) is 0 Å². The summed E-state index contributed by atoms with van der Waals surface area (Å²) in [7, 11) is 0. The maximum Gasteiger partial charge on any atom is 0.335 e. The molecule has 1 aromatic carbocycles. The van der Waals surface area contributed by atoms with E-state index in [0.29, 0.717) is 11.3 Å². The number of carbonyl (C=O) groups excluding carboxylic acids is 1. The lowest BCUT2D eigenvalue weighted by molar-refractivity contribution is 0.0696. The molecule has 1 heterocycles. The molecule has 0 aliphatic heterocycles. The van der Waals surface area contributed by atoms with Crippen LogP contribution in [0.4, 0.5) is 5.69 Å². The van der Waals surface area contributed by atoms with Crippen LogP contribution in [0.2, 0.25) is 5.22 Å². The summed E-state index contributed by atoms with van der Waals surface area (Å²) in [5.74, 6) is -1.42. The van der Waals surface area contributed by atoms with Gasteiger partial charge in [0.25, 0.3) is 5.91 Å². The van der Waals surface area contributed by atoms with E-state index in [0.717, 1.165) is 0 Å². The fraction of sp³-hybridized carbons (Fsp3) is 0.0769. The highest BCUT2D eigenvalue weighted by Gasteiger charge is 2.14. The number of hydrogen-bond donors (Lipinski definition) is 2. The van der Waals surface area contributed by atoms with E-state index < -0.39 is 11.9 Å². The lowest BCUT2D eigenvalue weighted by Crippen LogP contribution is -2.12. The number of halogens is 1. The van der Waals surface area contributed by atoms with Crippen LogP contribution in [0.3, 0.4) is 0 Å². The number of hydrogen-bond acceptors (Lipinski definition) is 3. The summed E-state index contributed by atoms with van der Waals surface area (Å²) in [6.45, 7) is 1.66. The summed E-state index contributed by atoms with van der Waals surface area (Å²) in [6.07, 6.45) is 1.32. The molecule has 1 aromatic heterocycles. The molecule has 0 spiro atoms. The molecule has 6 heteroatoms. The largest absolute Gasteiger partial charge is 0.478 e. The molecule has 0 saturated carbocycles. The number of rotatable bonds is 3. The van der Waals surface area contributed by atoms with Gasteiger partial charge in [0, 0.05) is 5.69 Å². The topological polar surface area (TPSA) is 79.5 Å². The van der Waals surface area contributed by atoms with Crippen molar-refractivity contribution < 1.29 is 19.1 Å². The van der Waals surface area contributed by atoms with E-state index in [-0.39, 0.29) is 16.3 Å². The molecule has 98 valence electrons. The minimum absolute atomic E-state index is 0.0105. The van der Waals surface area contributed by atoms with Gasteiger partial charge in [0.15, 0.2) is 0 Å². The Labute approximate surface area is 113 Å². The highest BCUT2D eigenvalue weighted by atomic mass is 35.5. The minimum Gasteiger partial charge on any atom is -0.478 e. The van der Waals surface area contributed by atoms with Gasteiger partial charge in [-0.05, 0) is 48.4 Å². The average Bonchev–Trinajstić information content (AvgIpc) is 2.75. The standard InChI is InChI=1S/C13H10ClNO4/c1-7-6-8(2-3-9(7)13(17)18)15-12(16)10-4-5-19-11(10)14/h2-6H,1H3,(H,15,16)(H,17,18). The number of anilines is 1. The number of carbonyl (C=O) groups is 2. The highest BCUT2D eigenvalue weighted by Crippen LogP contribution is 2.20. The summed E-state index contributed by atoms with van der Waals surface area (Å²) in [6, 6.07) is 5.98. The van der Waals surface area contributed by atoms with Crippen molar-refractivity contribution in [2.24, 2.45) is 0 Å². The Morgan fingerprint density at radius 3 is 2.53 bits per heavy atom. The minimum atomic E-state index is -1.01. The molecule has 19 heavy (non-hydrogen) atoms. The monoisotopic (exact) mass is 279 g/mol. The van der Waals surface area contributed by atoms with Gasteiger partial charge in [-0.15, -0.1) is 0 Å². The molecule has 2 aromatic rings. The fourth-order valence-corrected chi connectivity index (χ4v) is 1.84. The van der Waals surface area contributed by atoms with Crippen LogP contribution in [0.25, 0.3) is 0 Å². The second-order valence-electron chi connectivity index (χ2n) is 3.90. The predicted molar refractivity (Wildman–Crippen MR) is 69.8 cm³/mol. The van der Waals surface area contributed by atoms with E-state index in [1.807, 2.05) is 0 Å². The lowest BCUT2D eigenvalue weighted by Gasteiger charge is -2.07. The number of furan rings is 1. The van der Waals surface area contributed by atoms with Crippen LogP contribution in [0.1, 0.15) is 26.3 Å². The van der Waals surface area contributed by atoms with Crippen LogP contribution in [0.15, 0.2) is 34.9 Å². The number of carboxylic acids is 1. The molecule has 0 fully saturated rings. The molecule has 0 unspecified atom stereocenters. The van der Waals surface area contributed by atoms with Crippen LogP contribution in [0.5, 0.6) is 0 Å². The van der Waals surface area contributed by atoms with E-state index in [1.54, 1.807) is 13.0 Å². The maximum atomic E-state index is 11.9. The molecular formula is C13H10ClNO4. The third-order valence-corrected chi connectivity index (χ3v) is 2.87. The SMILES string of the molecule is Cc1cc(NC(=O)c2ccoc2Cl)ccc1C(=O)O. The van der Waals surface area contributed by atoms with E-state index >= 15 is 0 Å². The second-order valence-corrected chi connectivity index (χ2v) is 4.24. The molecule has 5 nitrogen and oxygen atoms in total. The number of benzene rings is 1. The zero-order chi connectivity index (χ0) is 14.0. The molecular weight excluding hydrogens is 270 g/mol. The number of aryl methyl sites for hydroxylation is 1. The van der Waals surface area contributed by atoms with Gasteiger partial charge in [-0.1, -0.05) is 0 Å². The number of carboxylic acid groups (broad SMARTS) is 1. The first-order valence-corrected chi connectivity index (χ1v) is 5.75. The molecule has 1 amide bonds. The van der Waals surface area contributed by atoms with Crippen molar-refractivity contribution in [2.45, 2.75) is 6.92 Å². The lowest BCUT2D eigenvalue weighted by atomic mass is 10.1. The summed E-state index contributed by atoms with van der Waals surface area (Å²) in [5.41, 5.74) is 1.47. The quantitative estimate of drug-likeness (QED) is 0.904. The molecule has 2 rings (SSSR count). The Bertz CT molecular complexity index is 648. The average molecular weight is 280 g/mol. The molecule has 0 bridgehead atoms. The van der Waals surface area contributed by atoms with Crippen LogP contribution < -0.4 is 5.32 Å². The van der Waals surface area contributed by atoms with Crippen molar-refractivity contribution in [3.8, 4) is 0 Å². The number of aromatic carboxylic acids is 1. The Morgan fingerprint density at radius 2 is 2.00 bits per heavy atom. The first-order valence-electron chi connectivity index (χ1n) is 5.37. The summed E-state index contributed by atoms with van der Waals surface area (Å²) >= 11 is 5.69. The maximum absolute atomic E-state index is 11.9. The van der Waals surface area contributed by atoms with Crippen LogP contribution in [-0.2, 0) is 0 Å². The Kier molecular flexibility index (Phi) is 3.57. The predicted octanol–water partition coefficient (Wildman–Crippen LogP) is 3.19. The number of amides is 1. The van der Waals surface area contributed by atoms with Crippen LogP contribution in [-0.4, -0.2) is 17.0 Å².